The molecule has 59 heavy (non-hydrogen) atoms. The Kier molecular flexibility index (Phi) is 8.29. The highest BCUT2D eigenvalue weighted by atomic mass is 16.4. The molecule has 0 atom stereocenters. The average Bonchev–Trinajstić information content (AvgIpc) is 4.05. The third-order valence-corrected chi connectivity index (χ3v) is 10.4. The maximum absolute atomic E-state index is 6.39. The zero-order chi connectivity index (χ0) is 39.1. The number of oxazole rings is 3. The summed E-state index contributed by atoms with van der Waals surface area (Å²) in [4.78, 5) is 16.3. The van der Waals surface area contributed by atoms with Crippen LogP contribution < -0.4 is 10.2 Å². The number of nitrogens with one attached hydrogen (secondary N) is 1. The number of anilines is 5. The molecule has 0 aliphatic heterocycles. The highest BCUT2D eigenvalue weighted by molar-refractivity contribution is 5.86. The van der Waals surface area contributed by atoms with Crippen molar-refractivity contribution in [3.8, 4) is 45.5 Å². The Morgan fingerprint density at radius 3 is 1.25 bits per heavy atom. The van der Waals surface area contributed by atoms with Gasteiger partial charge < -0.3 is 23.5 Å². The van der Waals surface area contributed by atoms with E-state index in [2.05, 4.69) is 86.9 Å². The lowest BCUT2D eigenvalue weighted by Gasteiger charge is -2.25. The van der Waals surface area contributed by atoms with Crippen LogP contribution in [0.5, 0.6) is 0 Å². The maximum Gasteiger partial charge on any atom is 0.227 e. The van der Waals surface area contributed by atoms with E-state index in [0.29, 0.717) is 23.3 Å². The molecule has 8 nitrogen and oxygen atoms in total. The summed E-state index contributed by atoms with van der Waals surface area (Å²) in [6.07, 6.45) is 0. The summed E-state index contributed by atoms with van der Waals surface area (Å²) in [7, 11) is 0. The molecule has 0 aliphatic rings. The molecule has 0 unspecified atom stereocenters. The van der Waals surface area contributed by atoms with E-state index in [9.17, 15) is 0 Å². The molecule has 0 radical (unpaired) electrons. The fourth-order valence-electron chi connectivity index (χ4n) is 7.36. The summed E-state index contributed by atoms with van der Waals surface area (Å²) in [5, 5.41) is 3.51. The van der Waals surface area contributed by atoms with Crippen LogP contribution in [0.15, 0.2) is 207 Å². The topological polar surface area (TPSA) is 93.4 Å². The van der Waals surface area contributed by atoms with Crippen molar-refractivity contribution < 1.29 is 13.3 Å². The van der Waals surface area contributed by atoms with Gasteiger partial charge in [0.1, 0.15) is 16.6 Å². The molecule has 0 saturated carbocycles. The van der Waals surface area contributed by atoms with Crippen LogP contribution in [0.1, 0.15) is 0 Å². The molecule has 8 aromatic carbocycles. The molecule has 0 spiro atoms. The Labute approximate surface area is 338 Å². The molecule has 0 bridgehead atoms. The number of hydrogen-bond donors (Lipinski definition) is 1. The van der Waals surface area contributed by atoms with Crippen LogP contribution >= 0.6 is 0 Å². The maximum atomic E-state index is 6.39. The average molecular weight is 764 g/mol. The summed E-state index contributed by atoms with van der Waals surface area (Å²) in [6.45, 7) is 0. The van der Waals surface area contributed by atoms with E-state index in [1.807, 2.05) is 127 Å². The van der Waals surface area contributed by atoms with Crippen LogP contribution in [-0.2, 0) is 0 Å². The highest BCUT2D eigenvalue weighted by Crippen LogP contribution is 2.38. The van der Waals surface area contributed by atoms with E-state index in [1.54, 1.807) is 0 Å². The van der Waals surface area contributed by atoms with Crippen LogP contribution in [0, 0.1) is 0 Å². The van der Waals surface area contributed by atoms with Gasteiger partial charge in [-0.25, -0.2) is 15.0 Å². The van der Waals surface area contributed by atoms with Gasteiger partial charge in [-0.15, -0.1) is 0 Å². The Morgan fingerprint density at radius 2 is 0.712 bits per heavy atom. The Bertz CT molecular complexity index is 3160. The van der Waals surface area contributed by atoms with Gasteiger partial charge in [-0.1, -0.05) is 66.7 Å². The van der Waals surface area contributed by atoms with Crippen molar-refractivity contribution in [2.24, 2.45) is 0 Å². The minimum absolute atomic E-state index is 0.559. The predicted molar refractivity (Wildman–Crippen MR) is 235 cm³/mol. The second-order valence-electron chi connectivity index (χ2n) is 14.2. The first-order valence-corrected chi connectivity index (χ1v) is 19.3. The van der Waals surface area contributed by atoms with Crippen molar-refractivity contribution >= 4 is 61.7 Å². The predicted octanol–water partition coefficient (Wildman–Crippen LogP) is 14.0. The summed E-state index contributed by atoms with van der Waals surface area (Å²) < 4.78 is 18.4. The van der Waals surface area contributed by atoms with Crippen molar-refractivity contribution in [1.29, 1.82) is 0 Å². The van der Waals surface area contributed by atoms with E-state index in [0.717, 1.165) is 84.0 Å². The third-order valence-electron chi connectivity index (χ3n) is 10.4. The lowest BCUT2D eigenvalue weighted by atomic mass is 10.0. The molecular formula is C51H33N5O3. The summed E-state index contributed by atoms with van der Waals surface area (Å²) >= 11 is 0. The largest absolute Gasteiger partial charge is 0.436 e. The molecular weight excluding hydrogens is 731 g/mol. The monoisotopic (exact) mass is 763 g/mol. The Hall–Kier alpha value is -8.23. The van der Waals surface area contributed by atoms with E-state index in [-0.39, 0.29) is 0 Å². The minimum atomic E-state index is 0.559. The van der Waals surface area contributed by atoms with Gasteiger partial charge >= 0.3 is 0 Å². The molecule has 11 aromatic rings. The molecule has 0 fully saturated rings. The highest BCUT2D eigenvalue weighted by Gasteiger charge is 2.17. The van der Waals surface area contributed by atoms with Crippen molar-refractivity contribution in [2.75, 3.05) is 10.2 Å². The van der Waals surface area contributed by atoms with Crippen LogP contribution in [0.25, 0.3) is 78.8 Å². The third kappa shape index (κ3) is 6.64. The Morgan fingerprint density at radius 1 is 0.322 bits per heavy atom. The van der Waals surface area contributed by atoms with E-state index < -0.39 is 0 Å². The van der Waals surface area contributed by atoms with Crippen LogP contribution in [0.4, 0.5) is 28.4 Å². The standard InChI is InChI=1S/C51H33N5O3/c1-2-8-40(9-3-1)56(41-28-22-37(23-29-41)50-54-44-11-5-7-13-47(44)58-50)42-30-31-45-48(32-42)59-51(55-45)36-20-26-39(27-21-36)52-38-24-18-34(19-25-38)33-14-16-35(17-15-33)49-53-43-10-4-6-12-46(43)57-49/h1-32,52H. The van der Waals surface area contributed by atoms with Gasteiger partial charge in [0.05, 0.1) is 0 Å². The molecule has 0 saturated heterocycles. The number of hydrogen-bond acceptors (Lipinski definition) is 8. The second kappa shape index (κ2) is 14.4. The molecule has 280 valence electrons. The van der Waals surface area contributed by atoms with Crippen LogP contribution in [0.3, 0.4) is 0 Å². The summed E-state index contributed by atoms with van der Waals surface area (Å²) in [6, 6.07) is 65.1. The molecule has 8 heteroatoms. The second-order valence-corrected chi connectivity index (χ2v) is 14.2. The molecule has 1 N–H and O–H groups in total. The first kappa shape index (κ1) is 34.1. The SMILES string of the molecule is c1ccc(N(c2ccc(-c3nc4ccccc4o3)cc2)c2ccc3nc(-c4ccc(Nc5ccc(-c6ccc(-c7nc8ccccc8o7)cc6)cc5)cc4)oc3c2)cc1. The minimum Gasteiger partial charge on any atom is -0.436 e. The first-order valence-electron chi connectivity index (χ1n) is 19.3. The number of benzene rings is 8. The van der Waals surface area contributed by atoms with Gasteiger partial charge in [-0.2, -0.15) is 0 Å². The van der Waals surface area contributed by atoms with Crippen LogP contribution in [0.2, 0.25) is 0 Å². The Balaban J connectivity index is 0.797. The quantitative estimate of drug-likeness (QED) is 0.155. The lowest BCUT2D eigenvalue weighted by Crippen LogP contribution is -2.09. The van der Waals surface area contributed by atoms with E-state index in [4.69, 9.17) is 18.2 Å². The number of aromatic nitrogens is 3. The summed E-state index contributed by atoms with van der Waals surface area (Å²) in [5.41, 5.74) is 14.6. The van der Waals surface area contributed by atoms with Gasteiger partial charge in [0.15, 0.2) is 16.7 Å². The van der Waals surface area contributed by atoms with E-state index in [1.165, 1.54) is 0 Å². The molecule has 3 aromatic heterocycles. The van der Waals surface area contributed by atoms with Crippen molar-refractivity contribution in [2.45, 2.75) is 0 Å². The number of para-hydroxylation sites is 5. The van der Waals surface area contributed by atoms with Gasteiger partial charge in [0, 0.05) is 51.2 Å². The zero-order valence-corrected chi connectivity index (χ0v) is 31.5. The normalized spacial score (nSPS) is 11.4. The lowest BCUT2D eigenvalue weighted by molar-refractivity contribution is 0.619. The zero-order valence-electron chi connectivity index (χ0n) is 31.5. The van der Waals surface area contributed by atoms with Crippen molar-refractivity contribution in [3.05, 3.63) is 194 Å². The first-order chi connectivity index (χ1) is 29.2. The van der Waals surface area contributed by atoms with Gasteiger partial charge in [0.2, 0.25) is 17.7 Å². The van der Waals surface area contributed by atoms with Gasteiger partial charge in [-0.3, -0.25) is 0 Å². The fraction of sp³-hybridized carbons (Fsp3) is 0. The number of rotatable bonds is 9. The van der Waals surface area contributed by atoms with Crippen molar-refractivity contribution in [3.63, 3.8) is 0 Å². The van der Waals surface area contributed by atoms with Gasteiger partial charge in [-0.05, 0) is 132 Å². The number of nitrogens with zero attached hydrogens (tertiary/aromatic N) is 4. The van der Waals surface area contributed by atoms with Gasteiger partial charge in [0.25, 0.3) is 0 Å². The summed E-state index contributed by atoms with van der Waals surface area (Å²) in [5.74, 6) is 1.77. The molecule has 0 amide bonds. The molecule has 11 rings (SSSR count). The van der Waals surface area contributed by atoms with E-state index >= 15 is 0 Å². The smallest absolute Gasteiger partial charge is 0.227 e. The molecule has 3 heterocycles. The van der Waals surface area contributed by atoms with Crippen LogP contribution in [-0.4, -0.2) is 15.0 Å². The van der Waals surface area contributed by atoms with Crippen molar-refractivity contribution in [1.82, 2.24) is 15.0 Å². The number of fused-ring (bicyclic) bond motifs is 3. The molecule has 0 aliphatic carbocycles. The fourth-order valence-corrected chi connectivity index (χ4v) is 7.36.